The van der Waals surface area contributed by atoms with Crippen LogP contribution in [0.1, 0.15) is 15.9 Å². The average molecular weight is 312 g/mol. The van der Waals surface area contributed by atoms with E-state index in [0.717, 1.165) is 6.07 Å². The Balaban J connectivity index is 2.25. The van der Waals surface area contributed by atoms with Gasteiger partial charge >= 0.3 is 5.97 Å². The highest BCUT2D eigenvalue weighted by Crippen LogP contribution is 2.13. The third-order valence-corrected chi connectivity index (χ3v) is 2.91. The van der Waals surface area contributed by atoms with E-state index in [0.29, 0.717) is 5.56 Å². The summed E-state index contributed by atoms with van der Waals surface area (Å²) in [4.78, 5) is 33.4. The zero-order valence-electron chi connectivity index (χ0n) is 11.8. The van der Waals surface area contributed by atoms with E-state index < -0.39 is 16.8 Å². The van der Waals surface area contributed by atoms with Crippen LogP contribution >= 0.6 is 0 Å². The van der Waals surface area contributed by atoms with Gasteiger partial charge in [-0.3, -0.25) is 14.9 Å². The first-order chi connectivity index (χ1) is 11.0. The van der Waals surface area contributed by atoms with Gasteiger partial charge in [-0.15, -0.1) is 0 Å². The third kappa shape index (κ3) is 4.24. The number of carbonyl (C=O) groups is 2. The number of benzene rings is 2. The summed E-state index contributed by atoms with van der Waals surface area (Å²) in [6.45, 7) is 0. The molecule has 0 fully saturated rings. The number of rotatable bonds is 5. The van der Waals surface area contributed by atoms with Crippen molar-refractivity contribution >= 4 is 23.6 Å². The van der Waals surface area contributed by atoms with Gasteiger partial charge in [0.2, 0.25) is 0 Å². The molecule has 1 amide bonds. The molecule has 0 saturated carbocycles. The number of nitro benzene ring substituents is 1. The zero-order valence-corrected chi connectivity index (χ0v) is 11.8. The summed E-state index contributed by atoms with van der Waals surface area (Å²) in [7, 11) is 0. The number of non-ortho nitro benzene ring substituents is 1. The smallest absolute Gasteiger partial charge is 0.352 e. The molecule has 2 rings (SSSR count). The monoisotopic (exact) mass is 312 g/mol. The van der Waals surface area contributed by atoms with Crippen molar-refractivity contribution in [3.63, 3.8) is 0 Å². The summed E-state index contributed by atoms with van der Waals surface area (Å²) < 4.78 is 0. The highest BCUT2D eigenvalue weighted by Gasteiger charge is 2.15. The molecule has 23 heavy (non-hydrogen) atoms. The highest BCUT2D eigenvalue weighted by molar-refractivity contribution is 6.03. The maximum absolute atomic E-state index is 12.1. The van der Waals surface area contributed by atoms with Gasteiger partial charge in [-0.2, -0.15) is 0 Å². The summed E-state index contributed by atoms with van der Waals surface area (Å²) in [6, 6.07) is 13.6. The van der Waals surface area contributed by atoms with Gasteiger partial charge in [-0.25, -0.2) is 4.79 Å². The van der Waals surface area contributed by atoms with Gasteiger partial charge in [0.15, 0.2) is 0 Å². The van der Waals surface area contributed by atoms with E-state index in [1.165, 1.54) is 24.3 Å². The van der Waals surface area contributed by atoms with Crippen molar-refractivity contribution in [2.75, 3.05) is 0 Å². The normalized spacial score (nSPS) is 10.9. The molecule has 0 heterocycles. The van der Waals surface area contributed by atoms with E-state index in [2.05, 4.69) is 5.32 Å². The molecule has 7 heteroatoms. The van der Waals surface area contributed by atoms with Gasteiger partial charge in [-0.05, 0) is 17.7 Å². The molecule has 0 saturated heterocycles. The number of hydrogen-bond donors (Lipinski definition) is 2. The molecule has 0 bridgehead atoms. The number of carbonyl (C=O) groups excluding carboxylic acids is 1. The Morgan fingerprint density at radius 3 is 2.39 bits per heavy atom. The van der Waals surface area contributed by atoms with Crippen LogP contribution in [0.5, 0.6) is 0 Å². The minimum Gasteiger partial charge on any atom is -0.477 e. The van der Waals surface area contributed by atoms with Gasteiger partial charge in [0.25, 0.3) is 11.6 Å². The largest absolute Gasteiger partial charge is 0.477 e. The fraction of sp³-hybridized carbons (Fsp3) is 0. The molecule has 0 unspecified atom stereocenters. The molecular weight excluding hydrogens is 300 g/mol. The van der Waals surface area contributed by atoms with E-state index in [-0.39, 0.29) is 16.9 Å². The van der Waals surface area contributed by atoms with Crippen LogP contribution in [0.2, 0.25) is 0 Å². The van der Waals surface area contributed by atoms with Gasteiger partial charge in [0.05, 0.1) is 4.92 Å². The lowest BCUT2D eigenvalue weighted by Crippen LogP contribution is -2.27. The molecule has 2 aromatic rings. The molecule has 0 aliphatic heterocycles. The van der Waals surface area contributed by atoms with Crippen molar-refractivity contribution in [1.29, 1.82) is 0 Å². The van der Waals surface area contributed by atoms with Crippen LogP contribution in [0.4, 0.5) is 5.69 Å². The first kappa shape index (κ1) is 15.9. The molecule has 0 spiro atoms. The number of nitrogens with zero attached hydrogens (tertiary/aromatic N) is 1. The first-order valence-electron chi connectivity index (χ1n) is 6.53. The third-order valence-electron chi connectivity index (χ3n) is 2.91. The number of carboxylic acids is 1. The Labute approximate surface area is 131 Å². The number of carboxylic acid groups (broad SMARTS) is 1. The molecule has 0 aliphatic rings. The van der Waals surface area contributed by atoms with Crippen molar-refractivity contribution in [1.82, 2.24) is 5.32 Å². The van der Waals surface area contributed by atoms with Crippen LogP contribution in [0.25, 0.3) is 6.08 Å². The van der Waals surface area contributed by atoms with Crippen LogP contribution in [0.3, 0.4) is 0 Å². The van der Waals surface area contributed by atoms with Crippen molar-refractivity contribution < 1.29 is 19.6 Å². The van der Waals surface area contributed by atoms with Gasteiger partial charge in [0.1, 0.15) is 5.70 Å². The maximum atomic E-state index is 12.1. The second-order valence-electron chi connectivity index (χ2n) is 4.54. The maximum Gasteiger partial charge on any atom is 0.352 e. The zero-order chi connectivity index (χ0) is 16.8. The lowest BCUT2D eigenvalue weighted by Gasteiger charge is -2.06. The summed E-state index contributed by atoms with van der Waals surface area (Å²) in [6.07, 6.45) is 1.30. The minimum absolute atomic E-state index is 0.000545. The standard InChI is InChI=1S/C16H12N2O5/c19-15(12-7-4-8-13(10-12)18(22)23)17-14(16(20)21)9-11-5-2-1-3-6-11/h1-10H,(H,17,19)(H,20,21)/b14-9+. The topological polar surface area (TPSA) is 110 Å². The fourth-order valence-electron chi connectivity index (χ4n) is 1.82. The van der Waals surface area contributed by atoms with Gasteiger partial charge in [-0.1, -0.05) is 36.4 Å². The second kappa shape index (κ2) is 6.99. The molecule has 0 radical (unpaired) electrons. The summed E-state index contributed by atoms with van der Waals surface area (Å²) in [5.74, 6) is -2.05. The predicted octanol–water partition coefficient (Wildman–Crippen LogP) is 2.45. The highest BCUT2D eigenvalue weighted by atomic mass is 16.6. The number of nitrogens with one attached hydrogen (secondary N) is 1. The Hall–Kier alpha value is -3.48. The Bertz CT molecular complexity index is 784. The van der Waals surface area contributed by atoms with Crippen LogP contribution < -0.4 is 5.32 Å². The molecule has 2 aromatic carbocycles. The van der Waals surface area contributed by atoms with Crippen LogP contribution in [-0.2, 0) is 4.79 Å². The number of nitro groups is 1. The van der Waals surface area contributed by atoms with E-state index in [9.17, 15) is 24.8 Å². The Kier molecular flexibility index (Phi) is 4.83. The molecule has 0 aromatic heterocycles. The average Bonchev–Trinajstić information content (AvgIpc) is 2.55. The Morgan fingerprint density at radius 1 is 1.09 bits per heavy atom. The Morgan fingerprint density at radius 2 is 1.78 bits per heavy atom. The van der Waals surface area contributed by atoms with Crippen LogP contribution in [0.15, 0.2) is 60.3 Å². The second-order valence-corrected chi connectivity index (χ2v) is 4.54. The molecule has 0 aliphatic carbocycles. The number of amides is 1. The van der Waals surface area contributed by atoms with Crippen molar-refractivity contribution in [2.45, 2.75) is 0 Å². The van der Waals surface area contributed by atoms with Crippen molar-refractivity contribution in [3.05, 3.63) is 81.5 Å². The van der Waals surface area contributed by atoms with Gasteiger partial charge in [0, 0.05) is 17.7 Å². The quantitative estimate of drug-likeness (QED) is 0.500. The first-order valence-corrected chi connectivity index (χ1v) is 6.53. The molecule has 116 valence electrons. The predicted molar refractivity (Wildman–Crippen MR) is 82.6 cm³/mol. The van der Waals surface area contributed by atoms with Crippen LogP contribution in [-0.4, -0.2) is 21.9 Å². The van der Waals surface area contributed by atoms with E-state index in [4.69, 9.17) is 0 Å². The van der Waals surface area contributed by atoms with Crippen molar-refractivity contribution in [2.24, 2.45) is 0 Å². The molecule has 2 N–H and O–H groups in total. The lowest BCUT2D eigenvalue weighted by atomic mass is 10.1. The van der Waals surface area contributed by atoms with E-state index in [1.807, 2.05) is 0 Å². The fourth-order valence-corrected chi connectivity index (χ4v) is 1.82. The van der Waals surface area contributed by atoms with Crippen LogP contribution in [0, 0.1) is 10.1 Å². The van der Waals surface area contributed by atoms with E-state index >= 15 is 0 Å². The lowest BCUT2D eigenvalue weighted by molar-refractivity contribution is -0.384. The SMILES string of the molecule is O=C(O)/C(=C\c1ccccc1)NC(=O)c1cccc([N+](=O)[O-])c1. The number of aliphatic carboxylic acids is 1. The molecule has 7 nitrogen and oxygen atoms in total. The molecule has 0 atom stereocenters. The summed E-state index contributed by atoms with van der Waals surface area (Å²) in [5, 5.41) is 22.1. The summed E-state index contributed by atoms with van der Waals surface area (Å²) in [5.41, 5.74) is 0.0259. The van der Waals surface area contributed by atoms with E-state index in [1.54, 1.807) is 30.3 Å². The minimum atomic E-state index is -1.31. The number of hydrogen-bond acceptors (Lipinski definition) is 4. The van der Waals surface area contributed by atoms with Crippen molar-refractivity contribution in [3.8, 4) is 0 Å². The van der Waals surface area contributed by atoms with Gasteiger partial charge < -0.3 is 10.4 Å². The summed E-state index contributed by atoms with van der Waals surface area (Å²) >= 11 is 0. The molecular formula is C16H12N2O5.